The van der Waals surface area contributed by atoms with E-state index in [-0.39, 0.29) is 25.7 Å². The van der Waals surface area contributed by atoms with Crippen LogP contribution in [0.1, 0.15) is 516 Å². The standard InChI is InChI=1S/C94H184O17P2/c1-6-10-13-16-19-22-25-28-31-34-37-39-41-44-46-49-52-55-58-61-67-72-77-91(96)104-83-89(110-93(98)79-74-69-63-60-57-54-51-48-45-42-40-38-35-32-29-26-23-20-17-14-11-7-2)85-108-112(100,101)106-81-88(95)82-107-113(102,103)109-86-90(84-105-92(97)78-73-68-65-64-66-71-76-87(5)9-4)111-94(99)80-75-70-62-59-56-53-50-47-43-36-33-30-27-24-21-18-15-12-8-3/h87-90,95H,6-86H2,1-5H3,(H,100,101)(H,102,103)/t87?,88-,89-,90-/m1/s1. The van der Waals surface area contributed by atoms with Crippen molar-refractivity contribution >= 4 is 39.5 Å². The summed E-state index contributed by atoms with van der Waals surface area (Å²) in [4.78, 5) is 73.5. The van der Waals surface area contributed by atoms with Crippen LogP contribution in [0.5, 0.6) is 0 Å². The van der Waals surface area contributed by atoms with Crippen LogP contribution in [0.4, 0.5) is 0 Å². The molecule has 0 aliphatic rings. The molecule has 6 atom stereocenters. The molecule has 0 aliphatic carbocycles. The minimum Gasteiger partial charge on any atom is -0.462 e. The summed E-state index contributed by atoms with van der Waals surface area (Å²) < 4.78 is 69.1. The molecule has 0 saturated carbocycles. The van der Waals surface area contributed by atoms with Gasteiger partial charge in [-0.05, 0) is 31.6 Å². The van der Waals surface area contributed by atoms with Gasteiger partial charge < -0.3 is 33.8 Å². The van der Waals surface area contributed by atoms with E-state index in [1.807, 2.05) is 0 Å². The highest BCUT2D eigenvalue weighted by Crippen LogP contribution is 2.45. The van der Waals surface area contributed by atoms with Crippen molar-refractivity contribution in [1.29, 1.82) is 0 Å². The molecule has 0 radical (unpaired) electrons. The van der Waals surface area contributed by atoms with Gasteiger partial charge >= 0.3 is 39.5 Å². The topological polar surface area (TPSA) is 237 Å². The number of phosphoric ester groups is 2. The predicted molar refractivity (Wildman–Crippen MR) is 469 cm³/mol. The second kappa shape index (κ2) is 86.4. The summed E-state index contributed by atoms with van der Waals surface area (Å²) in [6.07, 6.45) is 83.8. The van der Waals surface area contributed by atoms with Crippen LogP contribution in [0.2, 0.25) is 0 Å². The van der Waals surface area contributed by atoms with Crippen molar-refractivity contribution in [2.75, 3.05) is 39.6 Å². The molecule has 0 heterocycles. The Morgan fingerprint density at radius 3 is 0.628 bits per heavy atom. The first-order chi connectivity index (χ1) is 55.1. The molecule has 3 N–H and O–H groups in total. The number of hydrogen-bond donors (Lipinski definition) is 3. The van der Waals surface area contributed by atoms with Crippen molar-refractivity contribution < 1.29 is 80.2 Å². The van der Waals surface area contributed by atoms with E-state index in [1.165, 1.54) is 334 Å². The number of unbranched alkanes of at least 4 members (excludes halogenated alkanes) is 65. The van der Waals surface area contributed by atoms with Gasteiger partial charge in [-0.2, -0.15) is 0 Å². The summed E-state index contributed by atoms with van der Waals surface area (Å²) in [5, 5.41) is 10.7. The first kappa shape index (κ1) is 111. The number of ether oxygens (including phenoxy) is 4. The van der Waals surface area contributed by atoms with Gasteiger partial charge in [0.25, 0.3) is 0 Å². The molecule has 0 fully saturated rings. The van der Waals surface area contributed by atoms with Crippen LogP contribution >= 0.6 is 15.6 Å². The van der Waals surface area contributed by atoms with Crippen LogP contribution in [0.15, 0.2) is 0 Å². The summed E-state index contributed by atoms with van der Waals surface area (Å²) >= 11 is 0. The van der Waals surface area contributed by atoms with Gasteiger partial charge in [0.15, 0.2) is 12.2 Å². The molecular formula is C94H184O17P2. The molecule has 19 heteroatoms. The van der Waals surface area contributed by atoms with Crippen LogP contribution in [-0.2, 0) is 65.4 Å². The van der Waals surface area contributed by atoms with Gasteiger partial charge in [-0.25, -0.2) is 9.13 Å². The third-order valence-corrected chi connectivity index (χ3v) is 24.5. The van der Waals surface area contributed by atoms with Gasteiger partial charge in [-0.3, -0.25) is 37.3 Å². The van der Waals surface area contributed by atoms with E-state index in [1.54, 1.807) is 0 Å². The quantitative estimate of drug-likeness (QED) is 0.0222. The zero-order valence-corrected chi connectivity index (χ0v) is 76.3. The van der Waals surface area contributed by atoms with Crippen molar-refractivity contribution in [2.45, 2.75) is 534 Å². The summed E-state index contributed by atoms with van der Waals surface area (Å²) in [7, 11) is -9.94. The van der Waals surface area contributed by atoms with Gasteiger partial charge in [0.1, 0.15) is 19.3 Å². The molecule has 0 rings (SSSR count). The van der Waals surface area contributed by atoms with E-state index < -0.39 is 97.5 Å². The number of rotatable bonds is 94. The first-order valence-corrected chi connectivity index (χ1v) is 51.7. The number of aliphatic hydroxyl groups excluding tert-OH is 1. The van der Waals surface area contributed by atoms with Crippen LogP contribution in [0, 0.1) is 5.92 Å². The lowest BCUT2D eigenvalue weighted by atomic mass is 10.00. The Kier molecular flexibility index (Phi) is 85.0. The average molecular weight is 1650 g/mol. The van der Waals surface area contributed by atoms with Crippen molar-refractivity contribution in [2.24, 2.45) is 5.92 Å². The smallest absolute Gasteiger partial charge is 0.462 e. The third kappa shape index (κ3) is 86.3. The molecule has 0 aromatic heterocycles. The van der Waals surface area contributed by atoms with Crippen molar-refractivity contribution in [1.82, 2.24) is 0 Å². The van der Waals surface area contributed by atoms with Crippen LogP contribution < -0.4 is 0 Å². The molecule has 17 nitrogen and oxygen atoms in total. The Balaban J connectivity index is 5.20. The Bertz CT molecular complexity index is 2140. The number of esters is 4. The highest BCUT2D eigenvalue weighted by atomic mass is 31.2. The molecule has 0 bridgehead atoms. The summed E-state index contributed by atoms with van der Waals surface area (Å²) in [5.41, 5.74) is 0. The van der Waals surface area contributed by atoms with Crippen molar-refractivity contribution in [3.8, 4) is 0 Å². The lowest BCUT2D eigenvalue weighted by molar-refractivity contribution is -0.161. The van der Waals surface area contributed by atoms with E-state index in [0.29, 0.717) is 25.7 Å². The fourth-order valence-electron chi connectivity index (χ4n) is 14.9. The average Bonchev–Trinajstić information content (AvgIpc) is 0.892. The van der Waals surface area contributed by atoms with Gasteiger partial charge in [0.05, 0.1) is 26.4 Å². The maximum Gasteiger partial charge on any atom is 0.472 e. The summed E-state index contributed by atoms with van der Waals surface area (Å²) in [6, 6.07) is 0. The fraction of sp³-hybridized carbons (Fsp3) is 0.957. The van der Waals surface area contributed by atoms with Gasteiger partial charge in [-0.15, -0.1) is 0 Å². The molecular weight excluding hydrogens is 1460 g/mol. The molecule has 0 spiro atoms. The van der Waals surface area contributed by atoms with Gasteiger partial charge in [0, 0.05) is 25.7 Å². The number of carbonyl (C=O) groups is 4. The zero-order chi connectivity index (χ0) is 82.6. The maximum absolute atomic E-state index is 13.2. The lowest BCUT2D eigenvalue weighted by Crippen LogP contribution is -2.30. The Morgan fingerprint density at radius 1 is 0.248 bits per heavy atom. The number of phosphoric acid groups is 2. The zero-order valence-electron chi connectivity index (χ0n) is 74.5. The van der Waals surface area contributed by atoms with E-state index in [9.17, 15) is 43.2 Å². The minimum absolute atomic E-state index is 0.108. The van der Waals surface area contributed by atoms with E-state index in [0.717, 1.165) is 102 Å². The largest absolute Gasteiger partial charge is 0.472 e. The van der Waals surface area contributed by atoms with Crippen LogP contribution in [0.3, 0.4) is 0 Å². The van der Waals surface area contributed by atoms with Gasteiger partial charge in [-0.1, -0.05) is 465 Å². The van der Waals surface area contributed by atoms with Gasteiger partial charge in [0.2, 0.25) is 0 Å². The van der Waals surface area contributed by atoms with Crippen molar-refractivity contribution in [3.63, 3.8) is 0 Å². The Morgan fingerprint density at radius 2 is 0.425 bits per heavy atom. The number of aliphatic hydroxyl groups is 1. The summed E-state index contributed by atoms with van der Waals surface area (Å²) in [5.74, 6) is -1.36. The monoisotopic (exact) mass is 1650 g/mol. The van der Waals surface area contributed by atoms with E-state index in [4.69, 9.17) is 37.0 Å². The second-order valence-corrected chi connectivity index (χ2v) is 36.9. The maximum atomic E-state index is 13.2. The Labute approximate surface area is 696 Å². The highest BCUT2D eigenvalue weighted by molar-refractivity contribution is 7.47. The molecule has 0 aromatic carbocycles. The summed E-state index contributed by atoms with van der Waals surface area (Å²) in [6.45, 7) is 7.36. The molecule has 0 aromatic rings. The third-order valence-electron chi connectivity index (χ3n) is 22.6. The van der Waals surface area contributed by atoms with Crippen LogP contribution in [-0.4, -0.2) is 96.7 Å². The highest BCUT2D eigenvalue weighted by Gasteiger charge is 2.31. The second-order valence-electron chi connectivity index (χ2n) is 34.0. The number of carbonyl (C=O) groups excluding carboxylic acids is 4. The molecule has 0 amide bonds. The molecule has 3 unspecified atom stereocenters. The SMILES string of the molecule is CCCCCCCCCCCCCCCCCCCCCCCCC(=O)OC[C@H](COP(=O)(O)OC[C@@H](O)COP(=O)(O)OC[C@@H](COC(=O)CCCCCCCCC(C)CC)OC(=O)CCCCCCCCCCCCCCCCCCCCC)OC(=O)CCCCCCCCCCCCCCCCCCCCCCCC. The predicted octanol–water partition coefficient (Wildman–Crippen LogP) is 29.5. The number of hydrogen-bond acceptors (Lipinski definition) is 15. The minimum atomic E-state index is -4.97. The van der Waals surface area contributed by atoms with E-state index in [2.05, 4.69) is 34.6 Å². The molecule has 0 saturated heterocycles. The van der Waals surface area contributed by atoms with Crippen molar-refractivity contribution in [3.05, 3.63) is 0 Å². The lowest BCUT2D eigenvalue weighted by Gasteiger charge is -2.21. The Hall–Kier alpha value is -1.94. The molecule has 113 heavy (non-hydrogen) atoms. The first-order valence-electron chi connectivity index (χ1n) is 48.7. The fourth-order valence-corrected chi connectivity index (χ4v) is 16.4. The molecule has 672 valence electrons. The molecule has 0 aliphatic heterocycles. The van der Waals surface area contributed by atoms with Crippen LogP contribution in [0.25, 0.3) is 0 Å². The normalized spacial score (nSPS) is 13.9. The van der Waals surface area contributed by atoms with E-state index >= 15 is 0 Å².